The monoisotopic (exact) mass is 1700 g/mol. The van der Waals surface area contributed by atoms with Crippen LogP contribution < -0.4 is 20.4 Å². The number of hydrogen-bond donors (Lipinski definition) is 0. The summed E-state index contributed by atoms with van der Waals surface area (Å²) in [6.45, 7) is 52.7. The summed E-state index contributed by atoms with van der Waals surface area (Å²) < 4.78 is 72.1. The van der Waals surface area contributed by atoms with Crippen LogP contribution in [0.25, 0.3) is 0 Å². The largest absolute Gasteiger partial charge is 4.00 e. The summed E-state index contributed by atoms with van der Waals surface area (Å²) in [4.78, 5) is 98.0. The number of unbranched alkanes of at least 4 members (excludes halogenated alkanes) is 12. The van der Waals surface area contributed by atoms with Crippen molar-refractivity contribution in [3.05, 3.63) is 0 Å². The molecular formula is C88H164O24Zr. The third-order valence-corrected chi connectivity index (χ3v) is 21.6. The van der Waals surface area contributed by atoms with Crippen molar-refractivity contribution in [3.63, 3.8) is 0 Å². The summed E-state index contributed by atoms with van der Waals surface area (Å²) in [7, 11) is 0. The van der Waals surface area contributed by atoms with Gasteiger partial charge in [0, 0.05) is 129 Å². The SMILES string of the molecule is CCCCOC(C)C(C(=O)CC(=O)[O-])(C(C)OCCCC)C(C)OCCCC.CCCCOC(C)C(C(=O)CC(=O)[O-])(C(C)OCCCC)C(C)OCCCC.CCCCOC(C)C(C(=O)CC(=O)[O-])(C(C)OCCCC)C(C)OCCCC.CCCCOC(C)C(C(=O)CC(=O)[O-])(C(C)OCCCC)C(C)OCCCC.[Zr+4]. The van der Waals surface area contributed by atoms with Crippen LogP contribution in [-0.4, -0.2) is 200 Å². The fraction of sp³-hybridized carbons (Fsp3) is 0.909. The molecule has 0 N–H and O–H groups in total. The third kappa shape index (κ3) is 43.7. The molecule has 0 aliphatic rings. The number of carbonyl (C=O) groups excluding carboxylic acids is 8. The minimum absolute atomic E-state index is 0. The molecule has 0 amide bonds. The molecule has 0 aromatic heterocycles. The standard InChI is InChI=1S/4C22H42O6.Zr/c4*1-7-10-13-26-17(4)22(20(23)16-21(24)25,18(5)27-14-11-8-2)19(6)28-15-12-9-3;/h4*17-19H,7-16H2,1-6H3,(H,24,25);/q;;;;+4/p-4. The Morgan fingerprint density at radius 3 is 0.336 bits per heavy atom. The van der Waals surface area contributed by atoms with E-state index < -0.39 is 168 Å². The predicted octanol–water partition coefficient (Wildman–Crippen LogP) is 13.2. The number of rotatable bonds is 72. The van der Waals surface area contributed by atoms with Crippen molar-refractivity contribution in [1.82, 2.24) is 0 Å². The molecule has 0 aromatic carbocycles. The fourth-order valence-electron chi connectivity index (χ4n) is 14.3. The van der Waals surface area contributed by atoms with Gasteiger partial charge in [-0.25, -0.2) is 0 Å². The van der Waals surface area contributed by atoms with Crippen LogP contribution in [0.4, 0.5) is 0 Å². The number of aliphatic carboxylic acids is 4. The third-order valence-electron chi connectivity index (χ3n) is 21.6. The molecule has 25 heteroatoms. The number of ketones is 4. The van der Waals surface area contributed by atoms with Crippen LogP contribution in [0.1, 0.15) is 346 Å². The Balaban J connectivity index is -0.000000457. The molecule has 0 radical (unpaired) electrons. The van der Waals surface area contributed by atoms with Gasteiger partial charge in [0.2, 0.25) is 0 Å². The van der Waals surface area contributed by atoms with Crippen molar-refractivity contribution >= 4 is 47.0 Å². The van der Waals surface area contributed by atoms with Gasteiger partial charge in [0.05, 0.1) is 73.2 Å². The summed E-state index contributed by atoms with van der Waals surface area (Å²) in [6.07, 6.45) is 12.8. The van der Waals surface area contributed by atoms with E-state index in [9.17, 15) is 58.8 Å². The Morgan fingerprint density at radius 1 is 0.195 bits per heavy atom. The van der Waals surface area contributed by atoms with E-state index in [1.54, 1.807) is 0 Å². The average molecular weight is 1700 g/mol. The van der Waals surface area contributed by atoms with Crippen LogP contribution in [0.5, 0.6) is 0 Å². The van der Waals surface area contributed by atoms with E-state index in [-0.39, 0.29) is 26.2 Å². The Labute approximate surface area is 705 Å². The van der Waals surface area contributed by atoms with Gasteiger partial charge in [-0.15, -0.1) is 0 Å². The molecule has 0 aromatic rings. The molecule has 113 heavy (non-hydrogen) atoms. The van der Waals surface area contributed by atoms with E-state index in [1.165, 1.54) is 0 Å². The fourth-order valence-corrected chi connectivity index (χ4v) is 14.3. The minimum Gasteiger partial charge on any atom is -0.550 e. The Bertz CT molecular complexity index is 1910. The van der Waals surface area contributed by atoms with Gasteiger partial charge in [0.25, 0.3) is 0 Å². The van der Waals surface area contributed by atoms with E-state index in [0.29, 0.717) is 79.3 Å². The molecule has 0 fully saturated rings. The molecule has 0 bridgehead atoms. The number of carboxylic acids is 4. The average Bonchev–Trinajstić information content (AvgIpc) is 0.791. The molecule has 0 aliphatic heterocycles. The van der Waals surface area contributed by atoms with Gasteiger partial charge in [-0.3, -0.25) is 19.2 Å². The molecule has 0 heterocycles. The van der Waals surface area contributed by atoms with Gasteiger partial charge in [0.15, 0.2) is 23.1 Å². The maximum Gasteiger partial charge on any atom is 4.00 e. The van der Waals surface area contributed by atoms with Gasteiger partial charge in [-0.1, -0.05) is 160 Å². The zero-order valence-corrected chi connectivity index (χ0v) is 78.0. The van der Waals surface area contributed by atoms with Crippen LogP contribution >= 0.6 is 0 Å². The van der Waals surface area contributed by atoms with E-state index >= 15 is 0 Å². The molecule has 0 saturated carbocycles. The quantitative estimate of drug-likeness (QED) is 0.0403. The molecule has 12 atom stereocenters. The molecule has 0 aliphatic carbocycles. The predicted molar refractivity (Wildman–Crippen MR) is 432 cm³/mol. The van der Waals surface area contributed by atoms with Crippen LogP contribution in [0, 0.1) is 21.7 Å². The minimum atomic E-state index is -1.39. The molecule has 24 nitrogen and oxygen atoms in total. The Morgan fingerprint density at radius 2 is 0.274 bits per heavy atom. The summed E-state index contributed by atoms with van der Waals surface area (Å²) in [5.74, 6) is -7.38. The first-order chi connectivity index (χ1) is 53.1. The van der Waals surface area contributed by atoms with Gasteiger partial charge < -0.3 is 96.4 Å². The summed E-state index contributed by atoms with van der Waals surface area (Å²) in [5.41, 5.74) is -4.85. The van der Waals surface area contributed by atoms with Crippen molar-refractivity contribution < 1.29 is 142 Å². The molecule has 0 rings (SSSR count). The normalized spacial score (nSPS) is 16.8. The van der Waals surface area contributed by atoms with E-state index in [4.69, 9.17) is 56.8 Å². The second-order valence-corrected chi connectivity index (χ2v) is 30.0. The molecular weight excluding hydrogens is 1530 g/mol. The van der Waals surface area contributed by atoms with Crippen molar-refractivity contribution in [2.45, 2.75) is 419 Å². The number of ether oxygens (including phenoxy) is 12. The molecule has 0 saturated heterocycles. The van der Waals surface area contributed by atoms with Crippen molar-refractivity contribution in [2.75, 3.05) is 79.3 Å². The summed E-state index contributed by atoms with van der Waals surface area (Å²) in [5, 5.41) is 45.0. The first kappa shape index (κ1) is 119. The Kier molecular flexibility index (Phi) is 75.3. The molecule has 12 unspecified atom stereocenters. The first-order valence-corrected chi connectivity index (χ1v) is 43.4. The van der Waals surface area contributed by atoms with Crippen LogP contribution in [0.3, 0.4) is 0 Å². The van der Waals surface area contributed by atoms with E-state index in [0.717, 1.165) is 154 Å². The van der Waals surface area contributed by atoms with Crippen molar-refractivity contribution in [2.24, 2.45) is 21.7 Å². The first-order valence-electron chi connectivity index (χ1n) is 43.4. The summed E-state index contributed by atoms with van der Waals surface area (Å²) >= 11 is 0. The second-order valence-electron chi connectivity index (χ2n) is 30.0. The smallest absolute Gasteiger partial charge is 0.550 e. The maximum atomic E-state index is 13.2. The van der Waals surface area contributed by atoms with Gasteiger partial charge in [-0.2, -0.15) is 0 Å². The maximum absolute atomic E-state index is 13.2. The number of Topliss-reactive ketones (excluding diaryl/α,β-unsaturated/α-hetero) is 4. The van der Waals surface area contributed by atoms with Crippen molar-refractivity contribution in [1.29, 1.82) is 0 Å². The van der Waals surface area contributed by atoms with Crippen molar-refractivity contribution in [3.8, 4) is 0 Å². The van der Waals surface area contributed by atoms with Crippen LogP contribution in [0.2, 0.25) is 0 Å². The van der Waals surface area contributed by atoms with Gasteiger partial charge >= 0.3 is 26.2 Å². The molecule has 0 spiro atoms. The topological polar surface area (TPSA) is 340 Å². The number of carboxylic acid groups (broad SMARTS) is 4. The van der Waals surface area contributed by atoms with Crippen LogP contribution in [-0.2, 0) is 121 Å². The second kappa shape index (κ2) is 71.8. The molecule has 664 valence electrons. The van der Waals surface area contributed by atoms with E-state index in [2.05, 4.69) is 83.1 Å². The number of hydrogen-bond acceptors (Lipinski definition) is 24. The summed E-state index contributed by atoms with van der Waals surface area (Å²) in [6, 6.07) is 0. The Hall–Kier alpha value is -3.04. The van der Waals surface area contributed by atoms with Gasteiger partial charge in [0.1, 0.15) is 21.7 Å². The van der Waals surface area contributed by atoms with Crippen LogP contribution in [0.15, 0.2) is 0 Å². The number of carbonyl (C=O) groups is 8. The zero-order chi connectivity index (χ0) is 86.3. The van der Waals surface area contributed by atoms with Gasteiger partial charge in [-0.05, 0) is 160 Å². The van der Waals surface area contributed by atoms with E-state index in [1.807, 2.05) is 83.1 Å². The zero-order valence-electron chi connectivity index (χ0n) is 75.5.